The summed E-state index contributed by atoms with van der Waals surface area (Å²) in [6.07, 6.45) is 1.95. The zero-order valence-electron chi connectivity index (χ0n) is 33.2. The maximum Gasteiger partial charge on any atom is 0.183 e. The van der Waals surface area contributed by atoms with Gasteiger partial charge in [0.05, 0.1) is 59.5 Å². The lowest BCUT2D eigenvalue weighted by molar-refractivity contribution is 1.17. The van der Waals surface area contributed by atoms with Gasteiger partial charge in [-0.25, -0.2) is 4.98 Å². The van der Waals surface area contributed by atoms with Gasteiger partial charge in [0, 0.05) is 32.2 Å². The Labute approximate surface area is 354 Å². The Morgan fingerprint density at radius 3 is 1.54 bits per heavy atom. The molecule has 0 radical (unpaired) electrons. The number of benzene rings is 6. The molecule has 0 aliphatic rings. The van der Waals surface area contributed by atoms with Gasteiger partial charge in [0.1, 0.15) is 11.2 Å². The summed E-state index contributed by atoms with van der Waals surface area (Å²) in [7, 11) is -2.03. The maximum absolute atomic E-state index is 5.37. The van der Waals surface area contributed by atoms with Gasteiger partial charge in [-0.15, -0.1) is 0 Å². The molecule has 11 heteroatoms. The van der Waals surface area contributed by atoms with Crippen molar-refractivity contribution in [2.75, 3.05) is 17.7 Å². The number of isothiocyanates is 1. The van der Waals surface area contributed by atoms with Gasteiger partial charge in [-0.1, -0.05) is 136 Å². The molecule has 288 valence electrons. The lowest BCUT2D eigenvalue weighted by atomic mass is 10.2. The van der Waals surface area contributed by atoms with E-state index in [9.17, 15) is 0 Å². The summed E-state index contributed by atoms with van der Waals surface area (Å²) in [6.45, 7) is 13.9. The fourth-order valence-corrected chi connectivity index (χ4v) is 8.98. The van der Waals surface area contributed by atoms with Crippen LogP contribution in [-0.2, 0) is 0 Å². The van der Waals surface area contributed by atoms with Gasteiger partial charge in [0.25, 0.3) is 0 Å². The van der Waals surface area contributed by atoms with Crippen molar-refractivity contribution >= 4 is 125 Å². The Bertz CT molecular complexity index is 2810. The van der Waals surface area contributed by atoms with Gasteiger partial charge in [0.2, 0.25) is 0 Å². The van der Waals surface area contributed by atoms with Crippen LogP contribution in [-0.4, -0.2) is 47.8 Å². The lowest BCUT2D eigenvalue weighted by Crippen LogP contribution is -2.31. The molecule has 0 saturated carbocycles. The number of anilines is 1. The SMILES string of the molecule is C[Si](C)(C)CN.C[Si](C)(C)CNc1nc2c(-n3c4ccccc4c4ccccc43)cccc2s1.S=C=Nc1c(Br)cccc1-n1c2ccccc2c2ccccc21. The molecule has 3 N–H and O–H groups in total. The number of hydrogen-bond donors (Lipinski definition) is 2. The van der Waals surface area contributed by atoms with E-state index in [1.165, 1.54) is 37.3 Å². The molecule has 0 spiro atoms. The van der Waals surface area contributed by atoms with Crippen LogP contribution >= 0.6 is 39.5 Å². The second-order valence-corrected chi connectivity index (χ2v) is 29.4. The summed E-state index contributed by atoms with van der Waals surface area (Å²) in [6, 6.07) is 46.6. The molecule has 0 aliphatic carbocycles. The molecule has 0 amide bonds. The van der Waals surface area contributed by atoms with Crippen molar-refractivity contribution in [2.45, 2.75) is 39.3 Å². The van der Waals surface area contributed by atoms with Crippen LogP contribution in [0.3, 0.4) is 0 Å². The van der Waals surface area contributed by atoms with E-state index in [0.717, 1.165) is 55.6 Å². The standard InChI is InChI=1S/C23H23N3SSi.C19H11BrN2S.C4H13NSi/c1-28(2,3)15-24-23-25-22-20(13-8-14-21(22)27-23)26-18-11-6-4-9-16(18)17-10-5-7-12-19(17)26;20-15-8-5-11-18(19(15)21-12-23)22-16-9-3-1-6-13(16)14-7-2-4-10-17(14)22;1-6(2,3)4-5/h4-14H,15H2,1-3H3,(H,24,25);1-11H;4-5H2,1-3H3. The third kappa shape index (κ3) is 8.75. The van der Waals surface area contributed by atoms with E-state index < -0.39 is 16.1 Å². The van der Waals surface area contributed by atoms with Crippen LogP contribution in [0.1, 0.15) is 0 Å². The van der Waals surface area contributed by atoms with Gasteiger partial charge in [0.15, 0.2) is 5.13 Å². The number of nitrogens with two attached hydrogens (primary N) is 1. The second kappa shape index (κ2) is 17.0. The molecule has 57 heavy (non-hydrogen) atoms. The lowest BCUT2D eigenvalue weighted by Gasteiger charge is -2.15. The molecule has 0 bridgehead atoms. The first kappa shape index (κ1) is 40.5. The predicted octanol–water partition coefficient (Wildman–Crippen LogP) is 13.8. The highest BCUT2D eigenvalue weighted by Gasteiger charge is 2.18. The molecule has 3 aromatic heterocycles. The second-order valence-electron chi connectivity index (χ2n) is 16.4. The Morgan fingerprint density at radius 1 is 0.649 bits per heavy atom. The molecule has 0 aliphatic heterocycles. The van der Waals surface area contributed by atoms with E-state index >= 15 is 0 Å². The molecule has 0 unspecified atom stereocenters. The average molecular weight is 884 g/mol. The summed E-state index contributed by atoms with van der Waals surface area (Å²) >= 11 is 10.1. The molecular formula is C46H47BrN6S2Si2. The largest absolute Gasteiger partial charge is 0.364 e. The number of rotatable bonds is 7. The summed E-state index contributed by atoms with van der Waals surface area (Å²) < 4.78 is 6.70. The summed E-state index contributed by atoms with van der Waals surface area (Å²) in [5, 5.41) is 12.1. The number of hydrogen-bond acceptors (Lipinski definition) is 6. The number of aliphatic imine (C=N–C) groups is 1. The highest BCUT2D eigenvalue weighted by atomic mass is 79.9. The molecule has 3 heterocycles. The highest BCUT2D eigenvalue weighted by Crippen LogP contribution is 2.39. The molecule has 0 saturated heterocycles. The molecule has 0 atom stereocenters. The highest BCUT2D eigenvalue weighted by molar-refractivity contribution is 9.10. The number of fused-ring (bicyclic) bond motifs is 7. The Hall–Kier alpha value is -4.72. The van der Waals surface area contributed by atoms with Gasteiger partial charge >= 0.3 is 0 Å². The first-order chi connectivity index (χ1) is 27.4. The van der Waals surface area contributed by atoms with Crippen LogP contribution in [0.4, 0.5) is 10.8 Å². The van der Waals surface area contributed by atoms with Gasteiger partial charge in [-0.2, -0.15) is 4.99 Å². The molecule has 9 rings (SSSR count). The number of nitrogens with zero attached hydrogens (tertiary/aromatic N) is 4. The van der Waals surface area contributed by atoms with Crippen molar-refractivity contribution < 1.29 is 0 Å². The van der Waals surface area contributed by atoms with Crippen LogP contribution in [0.2, 0.25) is 39.3 Å². The minimum absolute atomic E-state index is 0.786. The molecule has 0 fully saturated rings. The third-order valence-electron chi connectivity index (χ3n) is 9.54. The van der Waals surface area contributed by atoms with E-state index in [1.54, 1.807) is 11.3 Å². The molecular weight excluding hydrogens is 837 g/mol. The number of nitrogens with one attached hydrogen (secondary N) is 1. The summed E-state index contributed by atoms with van der Waals surface area (Å²) in [5.41, 5.74) is 14.1. The van der Waals surface area contributed by atoms with Gasteiger partial charge < -0.3 is 20.2 Å². The van der Waals surface area contributed by atoms with Gasteiger partial charge in [-0.05, 0) is 82.8 Å². The Kier molecular flexibility index (Phi) is 12.1. The molecule has 6 nitrogen and oxygen atoms in total. The topological polar surface area (TPSA) is 73.2 Å². The van der Waals surface area contributed by atoms with Crippen molar-refractivity contribution in [1.29, 1.82) is 0 Å². The van der Waals surface area contributed by atoms with Crippen molar-refractivity contribution in [3.8, 4) is 11.4 Å². The predicted molar refractivity (Wildman–Crippen MR) is 261 cm³/mol. The number of halogens is 1. The summed E-state index contributed by atoms with van der Waals surface area (Å²) in [5.74, 6) is 0. The number of aromatic nitrogens is 3. The van der Waals surface area contributed by atoms with Crippen LogP contribution in [0, 0.1) is 0 Å². The zero-order chi connectivity index (χ0) is 40.3. The van der Waals surface area contributed by atoms with Crippen LogP contribution in [0.5, 0.6) is 0 Å². The van der Waals surface area contributed by atoms with Crippen molar-refractivity contribution in [3.63, 3.8) is 0 Å². The normalized spacial score (nSPS) is 11.6. The Morgan fingerprint density at radius 2 is 1.09 bits per heavy atom. The molecule has 6 aromatic carbocycles. The smallest absolute Gasteiger partial charge is 0.183 e. The third-order valence-corrected chi connectivity index (χ3v) is 13.7. The van der Waals surface area contributed by atoms with Crippen molar-refractivity contribution in [3.05, 3.63) is 138 Å². The minimum atomic E-state index is -1.18. The number of para-hydroxylation sites is 6. The monoisotopic (exact) mass is 882 g/mol. The minimum Gasteiger partial charge on any atom is -0.364 e. The quantitative estimate of drug-likeness (QED) is 0.0950. The first-order valence-electron chi connectivity index (χ1n) is 19.1. The number of thiocarbonyl (C=S) groups is 1. The molecule has 9 aromatic rings. The van der Waals surface area contributed by atoms with Gasteiger partial charge in [-0.3, -0.25) is 0 Å². The average Bonchev–Trinajstić information content (AvgIpc) is 3.88. The van der Waals surface area contributed by atoms with E-state index in [2.05, 4.69) is 201 Å². The van der Waals surface area contributed by atoms with E-state index in [1.807, 2.05) is 12.1 Å². The van der Waals surface area contributed by atoms with Crippen LogP contribution < -0.4 is 11.1 Å². The Balaban J connectivity index is 0.000000155. The fraction of sp³-hybridized carbons (Fsp3) is 0.174. The van der Waals surface area contributed by atoms with Crippen LogP contribution in [0.15, 0.2) is 143 Å². The van der Waals surface area contributed by atoms with E-state index in [0.29, 0.717) is 0 Å². The van der Waals surface area contributed by atoms with Crippen LogP contribution in [0.25, 0.3) is 65.2 Å². The first-order valence-corrected chi connectivity index (χ1v) is 28.5. The number of thiazole rings is 1. The van der Waals surface area contributed by atoms with Crippen molar-refractivity contribution in [2.24, 2.45) is 10.7 Å². The maximum atomic E-state index is 5.37. The zero-order valence-corrected chi connectivity index (χ0v) is 38.4. The van der Waals surface area contributed by atoms with Crippen molar-refractivity contribution in [1.82, 2.24) is 14.1 Å². The summed E-state index contributed by atoms with van der Waals surface area (Å²) in [4.78, 5) is 9.27. The fourth-order valence-electron chi connectivity index (χ4n) is 6.74. The van der Waals surface area contributed by atoms with E-state index in [4.69, 9.17) is 22.9 Å². The van der Waals surface area contributed by atoms with E-state index in [-0.39, 0.29) is 0 Å².